The van der Waals surface area contributed by atoms with Crippen LogP contribution in [0.5, 0.6) is 11.5 Å². The molecule has 0 saturated carbocycles. The van der Waals surface area contributed by atoms with Gasteiger partial charge in [-0.05, 0) is 34.6 Å². The summed E-state index contributed by atoms with van der Waals surface area (Å²) < 4.78 is 6.17. The Hall–Kier alpha value is -2.09. The molecule has 0 aliphatic carbocycles. The number of para-hydroxylation sites is 1. The number of hydrogen-bond acceptors (Lipinski definition) is 2. The fourth-order valence-electron chi connectivity index (χ4n) is 2.47. The first kappa shape index (κ1) is 17.3. The predicted molar refractivity (Wildman–Crippen MR) is 98.2 cm³/mol. The Morgan fingerprint density at radius 3 is 1.96 bits per heavy atom. The van der Waals surface area contributed by atoms with E-state index in [2.05, 4.69) is 53.7 Å². The number of benzene rings is 2. The van der Waals surface area contributed by atoms with Crippen LogP contribution in [0.15, 0.2) is 42.5 Å². The van der Waals surface area contributed by atoms with Gasteiger partial charge >= 0.3 is 0 Å². The zero-order valence-electron chi connectivity index (χ0n) is 15.0. The van der Waals surface area contributed by atoms with Crippen LogP contribution < -0.4 is 4.74 Å². The van der Waals surface area contributed by atoms with E-state index in [1.165, 1.54) is 11.8 Å². The molecule has 0 bridgehead atoms. The van der Waals surface area contributed by atoms with Gasteiger partial charge in [-0.3, -0.25) is 0 Å². The van der Waals surface area contributed by atoms with Crippen LogP contribution in [0.4, 0.5) is 0 Å². The Morgan fingerprint density at radius 1 is 0.870 bits per heavy atom. The maximum absolute atomic E-state index is 7.85. The van der Waals surface area contributed by atoms with Crippen molar-refractivity contribution in [2.75, 3.05) is 0 Å². The maximum atomic E-state index is 7.85. The molecule has 122 valence electrons. The first-order valence-electron chi connectivity index (χ1n) is 8.05. The summed E-state index contributed by atoms with van der Waals surface area (Å²) in [6, 6.07) is 14.1. The van der Waals surface area contributed by atoms with Crippen molar-refractivity contribution in [2.45, 2.75) is 52.4 Å². The summed E-state index contributed by atoms with van der Waals surface area (Å²) in [5.41, 5.74) is 3.14. The van der Waals surface area contributed by atoms with E-state index < -0.39 is 0 Å². The molecule has 2 aromatic rings. The minimum atomic E-state index is -0.0663. The van der Waals surface area contributed by atoms with Gasteiger partial charge < -0.3 is 10.1 Å². The molecule has 2 aromatic carbocycles. The fourth-order valence-corrected chi connectivity index (χ4v) is 2.47. The first-order valence-corrected chi connectivity index (χ1v) is 8.05. The van der Waals surface area contributed by atoms with Crippen LogP contribution in [0.1, 0.15) is 58.2 Å². The van der Waals surface area contributed by atoms with Gasteiger partial charge in [0, 0.05) is 17.3 Å². The van der Waals surface area contributed by atoms with Gasteiger partial charge in [0.1, 0.15) is 11.5 Å². The second kappa shape index (κ2) is 6.19. The molecule has 0 aromatic heterocycles. The highest BCUT2D eigenvalue weighted by Crippen LogP contribution is 2.39. The smallest absolute Gasteiger partial charge is 0.139 e. The van der Waals surface area contributed by atoms with Crippen molar-refractivity contribution in [1.82, 2.24) is 0 Å². The van der Waals surface area contributed by atoms with Crippen LogP contribution in [-0.2, 0) is 10.8 Å². The van der Waals surface area contributed by atoms with Crippen molar-refractivity contribution in [2.24, 2.45) is 0 Å². The number of nitrogens with one attached hydrogen (secondary N) is 1. The summed E-state index contributed by atoms with van der Waals surface area (Å²) in [5, 5.41) is 7.85. The van der Waals surface area contributed by atoms with Gasteiger partial charge in [-0.15, -0.1) is 0 Å². The molecule has 0 heterocycles. The van der Waals surface area contributed by atoms with Gasteiger partial charge in [0.05, 0.1) is 0 Å². The van der Waals surface area contributed by atoms with E-state index in [4.69, 9.17) is 10.1 Å². The van der Waals surface area contributed by atoms with Crippen LogP contribution >= 0.6 is 0 Å². The average Bonchev–Trinajstić information content (AvgIpc) is 2.46. The van der Waals surface area contributed by atoms with E-state index in [0.717, 1.165) is 22.6 Å². The van der Waals surface area contributed by atoms with Crippen LogP contribution in [0, 0.1) is 5.41 Å². The van der Waals surface area contributed by atoms with Crippen molar-refractivity contribution in [3.05, 3.63) is 59.2 Å². The lowest BCUT2D eigenvalue weighted by Crippen LogP contribution is -2.18. The van der Waals surface area contributed by atoms with E-state index in [0.29, 0.717) is 0 Å². The predicted octanol–water partition coefficient (Wildman–Crippen LogP) is 6.07. The van der Waals surface area contributed by atoms with Crippen molar-refractivity contribution in [1.29, 1.82) is 5.41 Å². The summed E-state index contributed by atoms with van der Waals surface area (Å²) in [7, 11) is 0. The van der Waals surface area contributed by atoms with Crippen molar-refractivity contribution < 1.29 is 4.74 Å². The van der Waals surface area contributed by atoms with Crippen LogP contribution in [0.3, 0.4) is 0 Å². The van der Waals surface area contributed by atoms with Crippen LogP contribution in [0.25, 0.3) is 0 Å². The molecule has 2 nitrogen and oxygen atoms in total. The molecule has 0 amide bonds. The van der Waals surface area contributed by atoms with Gasteiger partial charge in [0.2, 0.25) is 0 Å². The summed E-state index contributed by atoms with van der Waals surface area (Å²) >= 11 is 0. The Bertz CT molecular complexity index is 688. The van der Waals surface area contributed by atoms with Crippen LogP contribution in [0.2, 0.25) is 0 Å². The third kappa shape index (κ3) is 4.01. The molecular formula is C21H27NO. The zero-order chi connectivity index (χ0) is 17.3. The molecule has 0 fully saturated rings. The Kier molecular flexibility index (Phi) is 4.65. The normalized spacial score (nSPS) is 12.1. The minimum Gasteiger partial charge on any atom is -0.456 e. The van der Waals surface area contributed by atoms with E-state index in [1.807, 2.05) is 30.3 Å². The van der Waals surface area contributed by atoms with E-state index >= 15 is 0 Å². The highest BCUT2D eigenvalue weighted by atomic mass is 16.5. The molecule has 0 spiro atoms. The lowest BCUT2D eigenvalue weighted by atomic mass is 9.79. The molecule has 0 atom stereocenters. The standard InChI is InChI=1S/C21H27NO/c1-20(2,3)16-12-15(14-22)19(18(13-16)21(4,5)6)23-17-10-8-7-9-11-17/h7-14,22H,1-6H3. The second-order valence-electron chi connectivity index (χ2n) is 8.00. The molecule has 0 unspecified atom stereocenters. The lowest BCUT2D eigenvalue weighted by molar-refractivity contribution is 0.452. The van der Waals surface area contributed by atoms with Crippen molar-refractivity contribution >= 4 is 6.21 Å². The molecule has 0 radical (unpaired) electrons. The van der Waals surface area contributed by atoms with Gasteiger partial charge in [-0.25, -0.2) is 0 Å². The average molecular weight is 309 g/mol. The molecular weight excluding hydrogens is 282 g/mol. The molecule has 2 heteroatoms. The topological polar surface area (TPSA) is 33.1 Å². The van der Waals surface area contributed by atoms with Crippen molar-refractivity contribution in [3.63, 3.8) is 0 Å². The molecule has 0 aliphatic heterocycles. The quantitative estimate of drug-likeness (QED) is 0.686. The number of ether oxygens (including phenoxy) is 1. The minimum absolute atomic E-state index is 0.0308. The highest BCUT2D eigenvalue weighted by molar-refractivity contribution is 5.83. The van der Waals surface area contributed by atoms with Gasteiger partial charge in [-0.1, -0.05) is 65.8 Å². The molecule has 0 saturated heterocycles. The van der Waals surface area contributed by atoms with Gasteiger partial charge in [0.25, 0.3) is 0 Å². The lowest BCUT2D eigenvalue weighted by Gasteiger charge is -2.28. The Balaban J connectivity index is 2.66. The first-order chi connectivity index (χ1) is 10.6. The molecule has 1 N–H and O–H groups in total. The van der Waals surface area contributed by atoms with E-state index in [9.17, 15) is 0 Å². The summed E-state index contributed by atoms with van der Waals surface area (Å²) in [6.45, 7) is 13.1. The monoisotopic (exact) mass is 309 g/mol. The number of rotatable bonds is 3. The molecule has 0 aliphatic rings. The molecule has 2 rings (SSSR count). The van der Waals surface area contributed by atoms with Gasteiger partial charge in [0.15, 0.2) is 0 Å². The Morgan fingerprint density at radius 2 is 1.48 bits per heavy atom. The highest BCUT2D eigenvalue weighted by Gasteiger charge is 2.25. The Labute approximate surface area is 140 Å². The summed E-state index contributed by atoms with van der Waals surface area (Å²) in [6.07, 6.45) is 1.39. The maximum Gasteiger partial charge on any atom is 0.139 e. The molecule has 23 heavy (non-hydrogen) atoms. The third-order valence-electron chi connectivity index (χ3n) is 3.91. The summed E-state index contributed by atoms with van der Waals surface area (Å²) in [4.78, 5) is 0. The SMILES string of the molecule is CC(C)(C)c1cc(C=N)c(Oc2ccccc2)c(C(C)(C)C)c1. The summed E-state index contributed by atoms with van der Waals surface area (Å²) in [5.74, 6) is 1.58. The second-order valence-corrected chi connectivity index (χ2v) is 8.00. The van der Waals surface area contributed by atoms with Crippen LogP contribution in [-0.4, -0.2) is 6.21 Å². The largest absolute Gasteiger partial charge is 0.456 e. The van der Waals surface area contributed by atoms with E-state index in [-0.39, 0.29) is 10.8 Å². The van der Waals surface area contributed by atoms with E-state index in [1.54, 1.807) is 0 Å². The van der Waals surface area contributed by atoms with Crippen molar-refractivity contribution in [3.8, 4) is 11.5 Å². The zero-order valence-corrected chi connectivity index (χ0v) is 15.0. The number of hydrogen-bond donors (Lipinski definition) is 1. The fraction of sp³-hybridized carbons (Fsp3) is 0.381. The third-order valence-corrected chi connectivity index (χ3v) is 3.91. The van der Waals surface area contributed by atoms with Gasteiger partial charge in [-0.2, -0.15) is 0 Å².